The fourth-order valence-electron chi connectivity index (χ4n) is 18.9. The third-order valence-electron chi connectivity index (χ3n) is 23.7. The van der Waals surface area contributed by atoms with Gasteiger partial charge in [0.1, 0.15) is 34.6 Å². The Morgan fingerprint density at radius 3 is 1.31 bits per heavy atom. The first-order valence-electron chi connectivity index (χ1n) is 41.9. The van der Waals surface area contributed by atoms with Crippen molar-refractivity contribution in [2.75, 3.05) is 88.2 Å². The van der Waals surface area contributed by atoms with Gasteiger partial charge >= 0.3 is 6.36 Å². The molecule has 6 N–H and O–H groups in total. The number of pyridine rings is 1. The molecule has 0 radical (unpaired) electrons. The van der Waals surface area contributed by atoms with Crippen molar-refractivity contribution in [1.29, 1.82) is 0 Å². The molecule has 128 heavy (non-hydrogen) atoms. The number of fused-ring (bicyclic) bond motifs is 1. The third-order valence-corrected chi connectivity index (χ3v) is 28.9. The smallest absolute Gasteiger partial charge is 0.507 e. The van der Waals surface area contributed by atoms with Gasteiger partial charge in [-0.05, 0) is 231 Å². The number of ether oxygens (including phenoxy) is 3. The van der Waals surface area contributed by atoms with Crippen molar-refractivity contribution in [3.8, 4) is 109 Å². The maximum atomic E-state index is 15.1. The minimum atomic E-state index is -5.01. The van der Waals surface area contributed by atoms with E-state index >= 15 is 13.2 Å². The summed E-state index contributed by atoms with van der Waals surface area (Å²) in [6, 6.07) is 15.7. The number of phenols is 1. The van der Waals surface area contributed by atoms with Gasteiger partial charge < -0.3 is 64.3 Å². The summed E-state index contributed by atoms with van der Waals surface area (Å²) in [5.74, 6) is -1.42. The Balaban J connectivity index is 0.000000139. The molecular formula is C89H109F7N22O5S5. The molecule has 5 aliphatic rings. The summed E-state index contributed by atoms with van der Waals surface area (Å²) in [7, 11) is 12.7. The maximum Gasteiger partial charge on any atom is 0.573 e. The minimum Gasteiger partial charge on any atom is -0.507 e. The molecule has 2 atom stereocenters. The molecule has 13 heterocycles. The van der Waals surface area contributed by atoms with Crippen molar-refractivity contribution in [1.82, 2.24) is 91.6 Å². The normalized spacial score (nSPS) is 18.8. The highest BCUT2D eigenvalue weighted by Crippen LogP contribution is 2.49. The molecule has 39 heteroatoms. The van der Waals surface area contributed by atoms with Crippen molar-refractivity contribution in [3.05, 3.63) is 136 Å². The number of aromatic hydroxyl groups is 1. The molecule has 12 aromatic rings. The highest BCUT2D eigenvalue weighted by Gasteiger charge is 2.45. The topological polar surface area (TPSA) is 296 Å². The Morgan fingerprint density at radius 1 is 0.484 bits per heavy atom. The van der Waals surface area contributed by atoms with Crippen LogP contribution in [0.5, 0.6) is 23.0 Å². The van der Waals surface area contributed by atoms with E-state index in [1.165, 1.54) is 94.6 Å². The zero-order valence-corrected chi connectivity index (χ0v) is 79.6. The molecule has 17 rings (SSSR count). The van der Waals surface area contributed by atoms with Gasteiger partial charge in [0.2, 0.25) is 20.5 Å². The Hall–Kier alpha value is -10.1. The number of piperidine rings is 3. The molecule has 5 aliphatic heterocycles. The van der Waals surface area contributed by atoms with Gasteiger partial charge in [0, 0.05) is 147 Å². The number of benzene rings is 4. The Morgan fingerprint density at radius 2 is 0.891 bits per heavy atom. The molecule has 4 aromatic carbocycles. The number of halogens is 7. The highest BCUT2D eigenvalue weighted by atomic mass is 32.1. The van der Waals surface area contributed by atoms with E-state index in [4.69, 9.17) is 9.47 Å². The number of rotatable bonds is 18. The van der Waals surface area contributed by atoms with Crippen molar-refractivity contribution < 1.29 is 50.1 Å². The SMILES string of the molecule is CN(c1nnc(-c2c(O)cc(-c3ccn(C)c(=O)c3)cc2OC(F)(F)F)s1)C1CC(C)(C)NC(C)(C)C1.COc1cc(-c2cn[nH]c2)cc(F)c1-c1nnc(N(C)C2CC(C)(C)NC(C)(C)C2)s1.COc1cc(-c2cn[nH]c2)cc(F)c1-c1nnc(N2C[C@H]3CN(C)C[C@H]3C2)s1.Cc1nc(C)c(-c2ccc(-c3nnc(N(C)C4CC(C)(C)NC(C)(C)C4)s3)c(F)c2F)s1. The van der Waals surface area contributed by atoms with Crippen molar-refractivity contribution >= 4 is 77.2 Å². The Bertz CT molecular complexity index is 5940. The molecule has 0 spiro atoms. The van der Waals surface area contributed by atoms with Crippen LogP contribution in [0.25, 0.3) is 86.1 Å². The zero-order chi connectivity index (χ0) is 92.4. The summed E-state index contributed by atoms with van der Waals surface area (Å²) in [5.41, 5.74) is 4.50. The van der Waals surface area contributed by atoms with E-state index in [0.717, 1.165) is 109 Å². The maximum absolute atomic E-state index is 15.1. The molecule has 8 aromatic heterocycles. The number of aryl methyl sites for hydroxylation is 3. The number of nitrogens with zero attached hydrogens (tertiary/aromatic N) is 17. The third kappa shape index (κ3) is 21.5. The van der Waals surface area contributed by atoms with Crippen molar-refractivity contribution in [2.45, 2.75) is 193 Å². The van der Waals surface area contributed by atoms with Crippen LogP contribution in [0, 0.1) is 49.0 Å². The van der Waals surface area contributed by atoms with E-state index in [-0.39, 0.29) is 84.0 Å². The number of likely N-dealkylation sites (tertiary alicyclic amines) is 1. The van der Waals surface area contributed by atoms with Crippen molar-refractivity contribution in [3.63, 3.8) is 0 Å². The lowest BCUT2D eigenvalue weighted by Crippen LogP contribution is -2.61. The second kappa shape index (κ2) is 36.7. The van der Waals surface area contributed by atoms with Crippen LogP contribution in [0.2, 0.25) is 0 Å². The molecule has 684 valence electrons. The number of hydrogen-bond donors (Lipinski definition) is 6. The van der Waals surface area contributed by atoms with E-state index in [0.29, 0.717) is 93.1 Å². The van der Waals surface area contributed by atoms with Crippen LogP contribution >= 0.6 is 56.7 Å². The number of aromatic amines is 2. The first kappa shape index (κ1) is 94.0. The van der Waals surface area contributed by atoms with Gasteiger partial charge in [-0.1, -0.05) is 45.3 Å². The fourth-order valence-corrected chi connectivity index (χ4v) is 23.6. The summed E-state index contributed by atoms with van der Waals surface area (Å²) in [5, 5.41) is 74.5. The summed E-state index contributed by atoms with van der Waals surface area (Å²) < 4.78 is 117. The second-order valence-corrected chi connectivity index (χ2v) is 42.7. The van der Waals surface area contributed by atoms with Crippen LogP contribution in [0.3, 0.4) is 0 Å². The Kier molecular flexibility index (Phi) is 26.9. The number of nitrogens with one attached hydrogen (secondary N) is 5. The number of phenolic OH excluding ortho intramolecular Hbond substituents is 1. The summed E-state index contributed by atoms with van der Waals surface area (Å²) in [4.78, 5) is 28.0. The number of methoxy groups -OCH3 is 2. The number of alkyl halides is 3. The van der Waals surface area contributed by atoms with Gasteiger partial charge in [-0.2, -0.15) is 10.2 Å². The summed E-state index contributed by atoms with van der Waals surface area (Å²) in [6.45, 7) is 34.1. The molecule has 5 fully saturated rings. The first-order valence-corrected chi connectivity index (χ1v) is 46.0. The molecule has 0 aliphatic carbocycles. The average molecular weight is 1860 g/mol. The molecule has 0 bridgehead atoms. The van der Waals surface area contributed by atoms with E-state index < -0.39 is 35.3 Å². The number of aromatic nitrogens is 14. The number of H-pyrrole nitrogens is 2. The largest absolute Gasteiger partial charge is 0.573 e. The zero-order valence-electron chi connectivity index (χ0n) is 75.5. The predicted molar refractivity (Wildman–Crippen MR) is 494 cm³/mol. The molecule has 0 unspecified atom stereocenters. The molecule has 5 saturated heterocycles. The van der Waals surface area contributed by atoms with Gasteiger partial charge in [-0.3, -0.25) is 15.0 Å². The lowest BCUT2D eigenvalue weighted by molar-refractivity contribution is -0.274. The van der Waals surface area contributed by atoms with E-state index in [1.807, 2.05) is 33.0 Å². The summed E-state index contributed by atoms with van der Waals surface area (Å²) >= 11 is 6.52. The molecular weight excluding hydrogens is 1750 g/mol. The van der Waals surface area contributed by atoms with Gasteiger partial charge in [0.25, 0.3) is 5.56 Å². The van der Waals surface area contributed by atoms with E-state index in [1.54, 1.807) is 69.1 Å². The number of thiazole rings is 1. The van der Waals surface area contributed by atoms with Crippen LogP contribution in [0.1, 0.15) is 132 Å². The van der Waals surface area contributed by atoms with E-state index in [9.17, 15) is 27.5 Å². The molecule has 0 saturated carbocycles. The highest BCUT2D eigenvalue weighted by molar-refractivity contribution is 7.19. The van der Waals surface area contributed by atoms with Gasteiger partial charge in [0.05, 0.1) is 64.4 Å². The van der Waals surface area contributed by atoms with Crippen molar-refractivity contribution in [2.24, 2.45) is 18.9 Å². The van der Waals surface area contributed by atoms with Gasteiger partial charge in [-0.25, -0.2) is 22.5 Å². The Labute approximate surface area is 759 Å². The average Bonchev–Trinajstić information content (AvgIpc) is 1.33. The number of hydrogen-bond acceptors (Lipinski definition) is 29. The quantitative estimate of drug-likeness (QED) is 0.0435. The van der Waals surface area contributed by atoms with Crippen LogP contribution in [-0.2, 0) is 7.05 Å². The number of anilines is 4. The summed E-state index contributed by atoms with van der Waals surface area (Å²) in [6.07, 6.45) is 8.76. The van der Waals surface area contributed by atoms with Gasteiger partial charge in [-0.15, -0.1) is 65.3 Å². The first-order chi connectivity index (χ1) is 60.1. The lowest BCUT2D eigenvalue weighted by atomic mass is 9.79. The lowest BCUT2D eigenvalue weighted by Gasteiger charge is -2.48. The van der Waals surface area contributed by atoms with Crippen LogP contribution < -0.4 is 55.3 Å². The minimum absolute atomic E-state index is 0.00754. The van der Waals surface area contributed by atoms with E-state index in [2.05, 4.69) is 197 Å². The van der Waals surface area contributed by atoms with Crippen LogP contribution in [0.15, 0.2) is 96.4 Å². The monoisotopic (exact) mass is 1860 g/mol. The standard InChI is InChI=1S/C25H30F3N5O3S.C23H29F2N5S2.C22H29FN6OS.C19H21FN6OS/c1-23(2)12-16(13-24(3,4)31-23)33(6)22-30-29-21(37-22)20-17(34)9-15(10-18(20)36-25(26,27)28)14-7-8-32(5)19(35)11-14;1-12-19(31-13(2)26-12)15-8-9-16(18(25)17(15)24)20-27-28-21(32-20)30(7)14-10-22(3,4)29-23(5,6)11-14;1-21(2)9-15(10-22(3,4)28-21)29(5)20-27-26-19(31-20)18-16(23)7-13(8-17(18)30-6)14-11-24-25-12-14;1-25-7-13-9-26(10-14(13)8-25)19-24-23-18(28-19)17-15(20)3-11(4-16(17)27-2)12-5-21-22-6-12/h7-11,16,31,34H,12-13H2,1-6H3;8-9,14,29H,10-11H2,1-7H3;7-8,11-12,15,28H,9-10H2,1-6H3,(H,24,25);3-6,13-14H,7-10H2,1-2H3,(H,21,22)/t;;;13-,14+. The van der Waals surface area contributed by atoms with Crippen LogP contribution in [-0.4, -0.2) is 207 Å². The fraction of sp³-hybridized carbons (Fsp3) is 0.483. The predicted octanol–water partition coefficient (Wildman–Crippen LogP) is 18.1. The van der Waals surface area contributed by atoms with Gasteiger partial charge in [0.15, 0.2) is 31.7 Å². The second-order valence-electron chi connectivity index (χ2n) is 37.7. The van der Waals surface area contributed by atoms with Crippen LogP contribution in [0.4, 0.5) is 51.3 Å². The molecule has 0 amide bonds. The molecule has 27 nitrogen and oxygen atoms in total.